The van der Waals surface area contributed by atoms with Crippen molar-refractivity contribution < 1.29 is 4.79 Å². The van der Waals surface area contributed by atoms with Gasteiger partial charge in [-0.1, -0.05) is 25.1 Å². The number of carbonyl (C=O) groups is 1. The molecule has 0 aliphatic rings. The fraction of sp³-hybridized carbons (Fsp3) is 0.125. The van der Waals surface area contributed by atoms with Crippen LogP contribution in [0.5, 0.6) is 0 Å². The summed E-state index contributed by atoms with van der Waals surface area (Å²) in [7, 11) is 0. The van der Waals surface area contributed by atoms with Gasteiger partial charge in [-0.25, -0.2) is 0 Å². The molecule has 0 spiro atoms. The quantitative estimate of drug-likeness (QED) is 0.717. The number of para-hydroxylation sites is 1. The number of nitrogens with one attached hydrogen (secondary N) is 2. The lowest BCUT2D eigenvalue weighted by Crippen LogP contribution is -2.12. The maximum absolute atomic E-state index is 12.4. The van der Waals surface area contributed by atoms with Crippen molar-refractivity contribution in [2.45, 2.75) is 11.8 Å². The van der Waals surface area contributed by atoms with Gasteiger partial charge in [-0.2, -0.15) is 5.10 Å². The molecular weight excluding hydrogens is 282 g/mol. The average Bonchev–Trinajstić information content (AvgIpc) is 2.97. The largest absolute Gasteiger partial charge is 0.321 e. The second-order valence-electron chi connectivity index (χ2n) is 4.56. The molecule has 4 nitrogen and oxygen atoms in total. The van der Waals surface area contributed by atoms with Crippen LogP contribution in [0, 0.1) is 0 Å². The first-order chi connectivity index (χ1) is 10.3. The molecule has 2 aromatic carbocycles. The normalized spacial score (nSPS) is 10.7. The van der Waals surface area contributed by atoms with Crippen LogP contribution in [0.4, 0.5) is 5.69 Å². The van der Waals surface area contributed by atoms with Crippen LogP contribution in [0.1, 0.15) is 17.3 Å². The average molecular weight is 297 g/mol. The van der Waals surface area contributed by atoms with Crippen LogP contribution in [0.3, 0.4) is 0 Å². The van der Waals surface area contributed by atoms with Crippen LogP contribution < -0.4 is 5.32 Å². The van der Waals surface area contributed by atoms with Crippen LogP contribution in [0.25, 0.3) is 10.9 Å². The summed E-state index contributed by atoms with van der Waals surface area (Å²) in [5, 5.41) is 10.8. The number of hydrogen-bond acceptors (Lipinski definition) is 3. The second kappa shape index (κ2) is 6.01. The number of aromatic amines is 1. The standard InChI is InChI=1S/C16H15N3OS/c1-2-21-15-6-4-3-5-13(15)18-16(20)11-7-8-12-10-17-19-14(12)9-11/h3-10H,2H2,1H3,(H,17,19)(H,18,20). The third-order valence-corrected chi connectivity index (χ3v) is 4.09. The molecule has 1 amide bonds. The maximum atomic E-state index is 12.4. The zero-order valence-corrected chi connectivity index (χ0v) is 12.4. The van der Waals surface area contributed by atoms with E-state index >= 15 is 0 Å². The molecule has 21 heavy (non-hydrogen) atoms. The van der Waals surface area contributed by atoms with Gasteiger partial charge in [0.25, 0.3) is 5.91 Å². The fourth-order valence-corrected chi connectivity index (χ4v) is 2.88. The third-order valence-electron chi connectivity index (χ3n) is 3.14. The summed E-state index contributed by atoms with van der Waals surface area (Å²) in [6.07, 6.45) is 1.74. The number of anilines is 1. The minimum absolute atomic E-state index is 0.115. The molecular formula is C16H15N3OS. The van der Waals surface area contributed by atoms with Crippen molar-refractivity contribution >= 4 is 34.3 Å². The highest BCUT2D eigenvalue weighted by atomic mass is 32.2. The lowest BCUT2D eigenvalue weighted by atomic mass is 10.1. The molecule has 2 N–H and O–H groups in total. The zero-order chi connectivity index (χ0) is 14.7. The Kier molecular flexibility index (Phi) is 3.92. The molecule has 1 heterocycles. The second-order valence-corrected chi connectivity index (χ2v) is 5.86. The van der Waals surface area contributed by atoms with E-state index in [0.29, 0.717) is 5.56 Å². The minimum Gasteiger partial charge on any atom is -0.321 e. The number of hydrogen-bond donors (Lipinski definition) is 2. The van der Waals surface area contributed by atoms with Gasteiger partial charge >= 0.3 is 0 Å². The van der Waals surface area contributed by atoms with Crippen molar-refractivity contribution in [3.8, 4) is 0 Å². The van der Waals surface area contributed by atoms with Gasteiger partial charge in [0, 0.05) is 15.8 Å². The number of nitrogens with zero attached hydrogens (tertiary/aromatic N) is 1. The van der Waals surface area contributed by atoms with Gasteiger partial charge in [0.15, 0.2) is 0 Å². The maximum Gasteiger partial charge on any atom is 0.255 e. The Bertz CT molecular complexity index is 782. The molecule has 0 radical (unpaired) electrons. The highest BCUT2D eigenvalue weighted by molar-refractivity contribution is 7.99. The SMILES string of the molecule is CCSc1ccccc1NC(=O)c1ccc2cn[nH]c2c1. The van der Waals surface area contributed by atoms with E-state index in [9.17, 15) is 4.79 Å². The van der Waals surface area contributed by atoms with E-state index in [-0.39, 0.29) is 5.91 Å². The monoisotopic (exact) mass is 297 g/mol. The van der Waals surface area contributed by atoms with Crippen molar-refractivity contribution in [1.29, 1.82) is 0 Å². The van der Waals surface area contributed by atoms with Gasteiger partial charge in [-0.3, -0.25) is 9.89 Å². The first-order valence-corrected chi connectivity index (χ1v) is 7.73. The molecule has 106 valence electrons. The summed E-state index contributed by atoms with van der Waals surface area (Å²) in [4.78, 5) is 13.5. The summed E-state index contributed by atoms with van der Waals surface area (Å²) in [5.74, 6) is 0.850. The Morgan fingerprint density at radius 3 is 3.00 bits per heavy atom. The molecule has 3 rings (SSSR count). The number of H-pyrrole nitrogens is 1. The molecule has 0 saturated heterocycles. The van der Waals surface area contributed by atoms with E-state index in [1.165, 1.54) is 0 Å². The van der Waals surface area contributed by atoms with E-state index in [2.05, 4.69) is 22.4 Å². The topological polar surface area (TPSA) is 57.8 Å². The van der Waals surface area contributed by atoms with Gasteiger partial charge < -0.3 is 5.32 Å². The zero-order valence-electron chi connectivity index (χ0n) is 11.6. The van der Waals surface area contributed by atoms with Crippen LogP contribution in [-0.2, 0) is 0 Å². The number of aromatic nitrogens is 2. The van der Waals surface area contributed by atoms with E-state index in [0.717, 1.165) is 27.2 Å². The smallest absolute Gasteiger partial charge is 0.255 e. The molecule has 0 atom stereocenters. The van der Waals surface area contributed by atoms with Gasteiger partial charge in [0.05, 0.1) is 17.4 Å². The van der Waals surface area contributed by atoms with Gasteiger partial charge in [0.1, 0.15) is 0 Å². The Morgan fingerprint density at radius 2 is 2.14 bits per heavy atom. The number of carbonyl (C=O) groups excluding carboxylic acids is 1. The summed E-state index contributed by atoms with van der Waals surface area (Å²) in [6, 6.07) is 13.3. The highest BCUT2D eigenvalue weighted by Gasteiger charge is 2.10. The molecule has 0 saturated carbocycles. The third kappa shape index (κ3) is 2.92. The van der Waals surface area contributed by atoms with Crippen LogP contribution in [-0.4, -0.2) is 21.9 Å². The summed E-state index contributed by atoms with van der Waals surface area (Å²) in [5.41, 5.74) is 2.32. The molecule has 0 bridgehead atoms. The van der Waals surface area contributed by atoms with E-state index in [4.69, 9.17) is 0 Å². The molecule has 0 unspecified atom stereocenters. The van der Waals surface area contributed by atoms with Crippen LogP contribution in [0.2, 0.25) is 0 Å². The van der Waals surface area contributed by atoms with E-state index in [1.54, 1.807) is 18.0 Å². The first kappa shape index (κ1) is 13.7. The van der Waals surface area contributed by atoms with Crippen LogP contribution in [0.15, 0.2) is 53.6 Å². The van der Waals surface area contributed by atoms with Gasteiger partial charge in [-0.15, -0.1) is 11.8 Å². The van der Waals surface area contributed by atoms with Crippen molar-refractivity contribution in [3.05, 3.63) is 54.2 Å². The Hall–Kier alpha value is -2.27. The lowest BCUT2D eigenvalue weighted by Gasteiger charge is -2.10. The Labute approximate surface area is 126 Å². The van der Waals surface area contributed by atoms with Crippen molar-refractivity contribution in [2.75, 3.05) is 11.1 Å². The summed E-state index contributed by atoms with van der Waals surface area (Å²) in [6.45, 7) is 2.09. The molecule has 1 aromatic heterocycles. The number of amides is 1. The summed E-state index contributed by atoms with van der Waals surface area (Å²) < 4.78 is 0. The molecule has 0 fully saturated rings. The van der Waals surface area contributed by atoms with Crippen molar-refractivity contribution in [2.24, 2.45) is 0 Å². The molecule has 0 aliphatic carbocycles. The van der Waals surface area contributed by atoms with Crippen molar-refractivity contribution in [1.82, 2.24) is 10.2 Å². The number of benzene rings is 2. The lowest BCUT2D eigenvalue weighted by molar-refractivity contribution is 0.102. The predicted molar refractivity (Wildman–Crippen MR) is 86.9 cm³/mol. The molecule has 0 aliphatic heterocycles. The van der Waals surface area contributed by atoms with E-state index < -0.39 is 0 Å². The first-order valence-electron chi connectivity index (χ1n) is 6.74. The van der Waals surface area contributed by atoms with Gasteiger partial charge in [-0.05, 0) is 30.0 Å². The van der Waals surface area contributed by atoms with Crippen molar-refractivity contribution in [3.63, 3.8) is 0 Å². The minimum atomic E-state index is -0.115. The number of thioether (sulfide) groups is 1. The van der Waals surface area contributed by atoms with Crippen LogP contribution >= 0.6 is 11.8 Å². The molecule has 3 aromatic rings. The highest BCUT2D eigenvalue weighted by Crippen LogP contribution is 2.27. The predicted octanol–water partition coefficient (Wildman–Crippen LogP) is 3.93. The number of fused-ring (bicyclic) bond motifs is 1. The Morgan fingerprint density at radius 1 is 1.29 bits per heavy atom. The summed E-state index contributed by atoms with van der Waals surface area (Å²) >= 11 is 1.71. The van der Waals surface area contributed by atoms with E-state index in [1.807, 2.05) is 42.5 Å². The number of rotatable bonds is 4. The fourth-order valence-electron chi connectivity index (χ4n) is 2.12. The Balaban J connectivity index is 1.85. The van der Waals surface area contributed by atoms with Gasteiger partial charge in [0.2, 0.25) is 0 Å². The molecule has 5 heteroatoms.